The van der Waals surface area contributed by atoms with Crippen molar-refractivity contribution in [2.75, 3.05) is 6.54 Å². The van der Waals surface area contributed by atoms with Crippen LogP contribution in [0.15, 0.2) is 29.2 Å². The Hall–Kier alpha value is -1.50. The van der Waals surface area contributed by atoms with Gasteiger partial charge in [0.05, 0.1) is 11.3 Å². The zero-order chi connectivity index (χ0) is 17.8. The van der Waals surface area contributed by atoms with Crippen molar-refractivity contribution in [3.05, 3.63) is 29.8 Å². The van der Waals surface area contributed by atoms with Gasteiger partial charge >= 0.3 is 5.76 Å². The Morgan fingerprint density at radius 1 is 1.13 bits per heavy atom. The number of hydrogen-bond acceptors (Lipinski definition) is 3. The lowest BCUT2D eigenvalue weighted by atomic mass is 10.0. The molecule has 0 fully saturated rings. The molecule has 0 saturated heterocycles. The molecule has 0 unspecified atom stereocenters. The highest BCUT2D eigenvalue weighted by atomic mass is 32.2. The third kappa shape index (κ3) is 4.73. The van der Waals surface area contributed by atoms with Crippen molar-refractivity contribution in [3.63, 3.8) is 0 Å². The number of benzene rings is 1. The average Bonchev–Trinajstić information content (AvgIpc) is 2.48. The summed E-state index contributed by atoms with van der Waals surface area (Å²) in [6.07, 6.45) is 0.111. The minimum absolute atomic E-state index is 0.0711. The van der Waals surface area contributed by atoms with Crippen LogP contribution in [-0.2, 0) is 21.1 Å². The lowest BCUT2D eigenvalue weighted by molar-refractivity contribution is -0.133. The second-order valence-electron chi connectivity index (χ2n) is 5.79. The van der Waals surface area contributed by atoms with Crippen molar-refractivity contribution < 1.29 is 22.0 Å². The van der Waals surface area contributed by atoms with E-state index < -0.39 is 20.5 Å². The van der Waals surface area contributed by atoms with Gasteiger partial charge in [-0.05, 0) is 37.5 Å². The predicted molar refractivity (Wildman–Crippen MR) is 85.0 cm³/mol. The third-order valence-electron chi connectivity index (χ3n) is 3.96. The highest BCUT2D eigenvalue weighted by Gasteiger charge is 2.26. The van der Waals surface area contributed by atoms with Gasteiger partial charge in [-0.3, -0.25) is 4.79 Å². The largest absolute Gasteiger partial charge is 0.341 e. The number of rotatable bonds is 7. The maximum atomic E-state index is 12.5. The van der Waals surface area contributed by atoms with Gasteiger partial charge in [0.2, 0.25) is 15.7 Å². The number of nitrogens with zero attached hydrogens (tertiary/aromatic N) is 1. The Morgan fingerprint density at radius 3 is 2.04 bits per heavy atom. The van der Waals surface area contributed by atoms with E-state index in [-0.39, 0.29) is 18.4 Å². The summed E-state index contributed by atoms with van der Waals surface area (Å²) >= 11 is 0. The summed E-state index contributed by atoms with van der Waals surface area (Å²) in [5.74, 6) is -3.20. The third-order valence-corrected chi connectivity index (χ3v) is 5.36. The maximum absolute atomic E-state index is 12.5. The van der Waals surface area contributed by atoms with Gasteiger partial charge in [0.25, 0.3) is 0 Å². The van der Waals surface area contributed by atoms with E-state index in [0.717, 1.165) is 12.1 Å². The first-order chi connectivity index (χ1) is 10.6. The summed E-state index contributed by atoms with van der Waals surface area (Å²) in [6, 6.07) is 5.13. The molecule has 130 valence electrons. The summed E-state index contributed by atoms with van der Waals surface area (Å²) < 4.78 is 47.7. The second kappa shape index (κ2) is 7.86. The maximum Gasteiger partial charge on any atom is 0.341 e. The monoisotopic (exact) mass is 347 g/mol. The first-order valence-corrected chi connectivity index (χ1v) is 9.06. The molecule has 1 aromatic rings. The predicted octanol–water partition coefficient (Wildman–Crippen LogP) is 3.12. The van der Waals surface area contributed by atoms with Crippen LogP contribution < -0.4 is 0 Å². The molecule has 0 aliphatic rings. The average molecular weight is 347 g/mol. The second-order valence-corrected chi connectivity index (χ2v) is 7.71. The van der Waals surface area contributed by atoms with E-state index in [1.807, 2.05) is 27.7 Å². The minimum atomic E-state index is -4.60. The Labute approximate surface area is 136 Å². The van der Waals surface area contributed by atoms with E-state index in [1.54, 1.807) is 4.90 Å². The highest BCUT2D eigenvalue weighted by Crippen LogP contribution is 2.19. The Bertz CT molecular complexity index is 627. The molecule has 0 spiro atoms. The molecule has 1 rings (SSSR count). The Balaban J connectivity index is 2.88. The first kappa shape index (κ1) is 19.5. The summed E-state index contributed by atoms with van der Waals surface area (Å²) in [5, 5.41) is 0. The van der Waals surface area contributed by atoms with Gasteiger partial charge < -0.3 is 4.90 Å². The zero-order valence-electron chi connectivity index (χ0n) is 13.8. The molecule has 0 bridgehead atoms. The molecule has 23 heavy (non-hydrogen) atoms. The summed E-state index contributed by atoms with van der Waals surface area (Å²) in [6.45, 7) is 8.52. The van der Waals surface area contributed by atoms with Crippen molar-refractivity contribution >= 4 is 15.7 Å². The lowest BCUT2D eigenvalue weighted by Gasteiger charge is -2.31. The number of halogens is 2. The van der Waals surface area contributed by atoms with E-state index in [0.29, 0.717) is 18.0 Å². The Morgan fingerprint density at radius 2 is 1.65 bits per heavy atom. The molecule has 1 atom stereocenters. The van der Waals surface area contributed by atoms with E-state index in [1.165, 1.54) is 12.1 Å². The molecular weight excluding hydrogens is 324 g/mol. The van der Waals surface area contributed by atoms with Crippen molar-refractivity contribution in [2.24, 2.45) is 5.92 Å². The summed E-state index contributed by atoms with van der Waals surface area (Å²) in [7, 11) is -4.60. The number of hydrogen-bond donors (Lipinski definition) is 0. The molecule has 0 aliphatic carbocycles. The summed E-state index contributed by atoms with van der Waals surface area (Å²) in [4.78, 5) is 13.7. The van der Waals surface area contributed by atoms with Crippen LogP contribution in [0.4, 0.5) is 8.78 Å². The zero-order valence-corrected chi connectivity index (χ0v) is 14.6. The molecule has 1 aromatic carbocycles. The lowest BCUT2D eigenvalue weighted by Crippen LogP contribution is -2.42. The van der Waals surface area contributed by atoms with Crippen molar-refractivity contribution in [1.29, 1.82) is 0 Å². The number of carbonyl (C=O) groups is 1. The van der Waals surface area contributed by atoms with Crippen LogP contribution >= 0.6 is 0 Å². The van der Waals surface area contributed by atoms with Crippen LogP contribution in [0.3, 0.4) is 0 Å². The van der Waals surface area contributed by atoms with Gasteiger partial charge in [-0.2, -0.15) is 8.78 Å². The Kier molecular flexibility index (Phi) is 6.68. The topological polar surface area (TPSA) is 54.5 Å². The highest BCUT2D eigenvalue weighted by molar-refractivity contribution is 7.91. The molecule has 7 heteroatoms. The van der Waals surface area contributed by atoms with Crippen molar-refractivity contribution in [2.45, 2.75) is 50.8 Å². The van der Waals surface area contributed by atoms with Gasteiger partial charge in [-0.25, -0.2) is 8.42 Å². The van der Waals surface area contributed by atoms with Gasteiger partial charge in [0.1, 0.15) is 0 Å². The minimum Gasteiger partial charge on any atom is -0.340 e. The SMILES string of the molecule is CCN(C(=O)Cc1ccc(S(=O)(=O)C(F)F)cc1)[C@H](C)C(C)C. The number of amides is 1. The molecule has 0 aliphatic heterocycles. The normalized spacial score (nSPS) is 13.4. The molecule has 0 heterocycles. The quantitative estimate of drug-likeness (QED) is 0.761. The molecule has 0 radical (unpaired) electrons. The number of likely N-dealkylation sites (N-methyl/N-ethyl adjacent to an activating group) is 1. The molecule has 0 saturated carbocycles. The fourth-order valence-corrected chi connectivity index (χ4v) is 2.95. The fraction of sp³-hybridized carbons (Fsp3) is 0.562. The molecule has 0 N–H and O–H groups in total. The van der Waals surface area contributed by atoms with Gasteiger partial charge in [-0.1, -0.05) is 26.0 Å². The summed E-state index contributed by atoms with van der Waals surface area (Å²) in [5.41, 5.74) is 0.595. The van der Waals surface area contributed by atoms with Crippen molar-refractivity contribution in [1.82, 2.24) is 4.90 Å². The number of carbonyl (C=O) groups excluding carboxylic acids is 1. The van der Waals surface area contributed by atoms with Crippen LogP contribution in [0.1, 0.15) is 33.3 Å². The molecule has 0 aromatic heterocycles. The van der Waals surface area contributed by atoms with Crippen LogP contribution in [0.25, 0.3) is 0 Å². The van der Waals surface area contributed by atoms with Gasteiger partial charge in [0.15, 0.2) is 0 Å². The number of sulfone groups is 1. The van der Waals surface area contributed by atoms with E-state index in [2.05, 4.69) is 0 Å². The molecule has 4 nitrogen and oxygen atoms in total. The van der Waals surface area contributed by atoms with Gasteiger partial charge in [-0.15, -0.1) is 0 Å². The first-order valence-electron chi connectivity index (χ1n) is 7.51. The fourth-order valence-electron chi connectivity index (χ4n) is 2.23. The van der Waals surface area contributed by atoms with Crippen LogP contribution in [0.5, 0.6) is 0 Å². The van der Waals surface area contributed by atoms with E-state index in [9.17, 15) is 22.0 Å². The molecule has 1 amide bonds. The smallest absolute Gasteiger partial charge is 0.340 e. The molecular formula is C16H23F2NO3S. The van der Waals surface area contributed by atoms with Crippen LogP contribution in [0, 0.1) is 5.92 Å². The van der Waals surface area contributed by atoms with Crippen LogP contribution in [0.2, 0.25) is 0 Å². The van der Waals surface area contributed by atoms with Crippen molar-refractivity contribution in [3.8, 4) is 0 Å². The van der Waals surface area contributed by atoms with Gasteiger partial charge in [0, 0.05) is 12.6 Å². The van der Waals surface area contributed by atoms with Crippen LogP contribution in [-0.4, -0.2) is 37.6 Å². The standard InChI is InChI=1S/C16H23F2NO3S/c1-5-19(12(4)11(2)3)15(20)10-13-6-8-14(9-7-13)23(21,22)16(17)18/h6-9,11-12,16H,5,10H2,1-4H3/t12-/m1/s1. The van der Waals surface area contributed by atoms with E-state index in [4.69, 9.17) is 0 Å². The van der Waals surface area contributed by atoms with E-state index >= 15 is 0 Å². The number of alkyl halides is 2.